The molecule has 7 heteroatoms. The number of pyridine rings is 1. The number of aromatic nitrogens is 4. The number of carbonyl (C=O) groups excluding carboxylic acids is 1. The van der Waals surface area contributed by atoms with E-state index in [1.807, 2.05) is 56.4 Å². The van der Waals surface area contributed by atoms with Gasteiger partial charge in [-0.1, -0.05) is 17.8 Å². The van der Waals surface area contributed by atoms with Crippen molar-refractivity contribution in [2.45, 2.75) is 22.9 Å². The number of carbonyl (C=O) groups is 1. The van der Waals surface area contributed by atoms with Gasteiger partial charge in [-0.15, -0.1) is 10.2 Å². The van der Waals surface area contributed by atoms with Crippen molar-refractivity contribution in [3.05, 3.63) is 66.4 Å². The topological polar surface area (TPSA) is 72.7 Å². The summed E-state index contributed by atoms with van der Waals surface area (Å²) in [6.07, 6.45) is 3.37. The SMILES string of the molecule is C[C@H](NC(=O)c1ccc(Sc2ccccn2)cc1)c1nncn1C. The highest BCUT2D eigenvalue weighted by Gasteiger charge is 2.15. The summed E-state index contributed by atoms with van der Waals surface area (Å²) in [5.41, 5.74) is 0.606. The molecule has 0 aliphatic heterocycles. The fourth-order valence-corrected chi connectivity index (χ4v) is 3.01. The Morgan fingerprint density at radius 1 is 1.21 bits per heavy atom. The number of nitrogens with one attached hydrogen (secondary N) is 1. The van der Waals surface area contributed by atoms with E-state index in [9.17, 15) is 4.79 Å². The first kappa shape index (κ1) is 16.2. The summed E-state index contributed by atoms with van der Waals surface area (Å²) in [5, 5.41) is 11.7. The number of benzene rings is 1. The van der Waals surface area contributed by atoms with Crippen molar-refractivity contribution in [3.8, 4) is 0 Å². The molecule has 122 valence electrons. The number of nitrogens with zero attached hydrogens (tertiary/aromatic N) is 4. The second kappa shape index (κ2) is 7.27. The smallest absolute Gasteiger partial charge is 0.251 e. The van der Waals surface area contributed by atoms with Crippen molar-refractivity contribution in [2.24, 2.45) is 7.05 Å². The van der Waals surface area contributed by atoms with Crippen LogP contribution in [0.15, 0.2) is 64.9 Å². The van der Waals surface area contributed by atoms with Crippen molar-refractivity contribution < 1.29 is 4.79 Å². The maximum atomic E-state index is 12.3. The summed E-state index contributed by atoms with van der Waals surface area (Å²) in [6.45, 7) is 1.88. The third kappa shape index (κ3) is 3.80. The van der Waals surface area contributed by atoms with E-state index in [4.69, 9.17) is 0 Å². The average Bonchev–Trinajstić information content (AvgIpc) is 3.02. The van der Waals surface area contributed by atoms with Crippen LogP contribution in [0, 0.1) is 0 Å². The molecule has 1 N–H and O–H groups in total. The van der Waals surface area contributed by atoms with Crippen molar-refractivity contribution in [2.75, 3.05) is 0 Å². The van der Waals surface area contributed by atoms with E-state index in [2.05, 4.69) is 20.5 Å². The van der Waals surface area contributed by atoms with Gasteiger partial charge in [0.1, 0.15) is 11.4 Å². The standard InChI is InChI=1S/C17H17N5OS/c1-12(16-21-19-11-22(16)2)20-17(23)13-6-8-14(9-7-13)24-15-5-3-4-10-18-15/h3-12H,1-2H3,(H,20,23)/t12-/m0/s1. The summed E-state index contributed by atoms with van der Waals surface area (Å²) in [6, 6.07) is 13.0. The molecule has 6 nitrogen and oxygen atoms in total. The largest absolute Gasteiger partial charge is 0.342 e. The molecule has 1 amide bonds. The highest BCUT2D eigenvalue weighted by Crippen LogP contribution is 2.25. The first-order chi connectivity index (χ1) is 11.6. The minimum atomic E-state index is -0.215. The van der Waals surface area contributed by atoms with E-state index in [-0.39, 0.29) is 11.9 Å². The molecule has 0 aliphatic rings. The lowest BCUT2D eigenvalue weighted by Gasteiger charge is -2.13. The number of rotatable bonds is 5. The molecule has 1 atom stereocenters. The fourth-order valence-electron chi connectivity index (χ4n) is 2.23. The summed E-state index contributed by atoms with van der Waals surface area (Å²) in [4.78, 5) is 17.7. The maximum absolute atomic E-state index is 12.3. The van der Waals surface area contributed by atoms with Gasteiger partial charge in [-0.25, -0.2) is 4.98 Å². The Balaban J connectivity index is 1.64. The molecule has 3 rings (SSSR count). The maximum Gasteiger partial charge on any atom is 0.251 e. The molecule has 0 radical (unpaired) electrons. The quantitative estimate of drug-likeness (QED) is 0.774. The van der Waals surface area contributed by atoms with Gasteiger partial charge in [0.05, 0.1) is 6.04 Å². The first-order valence-electron chi connectivity index (χ1n) is 7.47. The van der Waals surface area contributed by atoms with Gasteiger partial charge in [-0.05, 0) is 43.3 Å². The van der Waals surface area contributed by atoms with Gasteiger partial charge in [-0.2, -0.15) is 0 Å². The summed E-state index contributed by atoms with van der Waals surface area (Å²) in [7, 11) is 1.85. The molecule has 1 aromatic carbocycles. The minimum Gasteiger partial charge on any atom is -0.342 e. The number of hydrogen-bond donors (Lipinski definition) is 1. The van der Waals surface area contributed by atoms with E-state index >= 15 is 0 Å². The van der Waals surface area contributed by atoms with E-state index in [1.165, 1.54) is 0 Å². The minimum absolute atomic E-state index is 0.139. The van der Waals surface area contributed by atoms with Gasteiger partial charge in [0.25, 0.3) is 5.91 Å². The Bertz CT molecular complexity index is 817. The Morgan fingerprint density at radius 3 is 2.62 bits per heavy atom. The van der Waals surface area contributed by atoms with E-state index in [0.29, 0.717) is 11.4 Å². The van der Waals surface area contributed by atoms with Crippen molar-refractivity contribution in [3.63, 3.8) is 0 Å². The van der Waals surface area contributed by atoms with Gasteiger partial charge >= 0.3 is 0 Å². The van der Waals surface area contributed by atoms with E-state index in [1.54, 1.807) is 28.9 Å². The van der Waals surface area contributed by atoms with Crippen LogP contribution in [0.5, 0.6) is 0 Å². The second-order valence-electron chi connectivity index (χ2n) is 5.29. The molecule has 0 bridgehead atoms. The van der Waals surface area contributed by atoms with Crippen LogP contribution in [0.25, 0.3) is 0 Å². The molecule has 0 aliphatic carbocycles. The van der Waals surface area contributed by atoms with Crippen molar-refractivity contribution in [1.82, 2.24) is 25.1 Å². The molecule has 0 fully saturated rings. The average molecular weight is 339 g/mol. The van der Waals surface area contributed by atoms with Gasteiger partial charge in [0.2, 0.25) is 0 Å². The lowest BCUT2D eigenvalue weighted by molar-refractivity contribution is 0.0937. The molecular formula is C17H17N5OS. The lowest BCUT2D eigenvalue weighted by Crippen LogP contribution is -2.28. The Kier molecular flexibility index (Phi) is 4.90. The Morgan fingerprint density at radius 2 is 2.00 bits per heavy atom. The molecular weight excluding hydrogens is 322 g/mol. The van der Waals surface area contributed by atoms with Gasteiger partial charge in [0.15, 0.2) is 5.82 Å². The van der Waals surface area contributed by atoms with E-state index < -0.39 is 0 Å². The van der Waals surface area contributed by atoms with Crippen LogP contribution in [0.2, 0.25) is 0 Å². The summed E-state index contributed by atoms with van der Waals surface area (Å²) >= 11 is 1.56. The van der Waals surface area contributed by atoms with Crippen LogP contribution in [0.4, 0.5) is 0 Å². The molecule has 0 saturated carbocycles. The molecule has 2 heterocycles. The van der Waals surface area contributed by atoms with Crippen LogP contribution < -0.4 is 5.32 Å². The fraction of sp³-hybridized carbons (Fsp3) is 0.176. The molecule has 2 aromatic heterocycles. The second-order valence-corrected chi connectivity index (χ2v) is 6.38. The summed E-state index contributed by atoms with van der Waals surface area (Å²) < 4.78 is 1.79. The predicted molar refractivity (Wildman–Crippen MR) is 91.7 cm³/mol. The zero-order valence-electron chi connectivity index (χ0n) is 13.4. The van der Waals surface area contributed by atoms with Crippen LogP contribution in [-0.2, 0) is 7.05 Å². The van der Waals surface area contributed by atoms with Crippen LogP contribution >= 0.6 is 11.8 Å². The molecule has 3 aromatic rings. The highest BCUT2D eigenvalue weighted by molar-refractivity contribution is 7.99. The number of amides is 1. The van der Waals surface area contributed by atoms with Crippen LogP contribution in [0.1, 0.15) is 29.1 Å². The highest BCUT2D eigenvalue weighted by atomic mass is 32.2. The predicted octanol–water partition coefficient (Wildman–Crippen LogP) is 2.85. The zero-order chi connectivity index (χ0) is 16.9. The third-order valence-corrected chi connectivity index (χ3v) is 4.42. The van der Waals surface area contributed by atoms with Gasteiger partial charge in [0, 0.05) is 23.7 Å². The van der Waals surface area contributed by atoms with E-state index in [0.717, 1.165) is 9.92 Å². The Hall–Kier alpha value is -2.67. The number of aryl methyl sites for hydroxylation is 1. The molecule has 0 saturated heterocycles. The zero-order valence-corrected chi connectivity index (χ0v) is 14.2. The number of hydrogen-bond acceptors (Lipinski definition) is 5. The van der Waals surface area contributed by atoms with Crippen molar-refractivity contribution in [1.29, 1.82) is 0 Å². The molecule has 24 heavy (non-hydrogen) atoms. The molecule has 0 unspecified atom stereocenters. The van der Waals surface area contributed by atoms with Crippen LogP contribution in [0.3, 0.4) is 0 Å². The van der Waals surface area contributed by atoms with Crippen molar-refractivity contribution >= 4 is 17.7 Å². The first-order valence-corrected chi connectivity index (χ1v) is 8.29. The normalized spacial score (nSPS) is 11.9. The van der Waals surface area contributed by atoms with Gasteiger partial charge in [-0.3, -0.25) is 4.79 Å². The molecule has 0 spiro atoms. The lowest BCUT2D eigenvalue weighted by atomic mass is 10.2. The van der Waals surface area contributed by atoms with Crippen LogP contribution in [-0.4, -0.2) is 25.7 Å². The third-order valence-electron chi connectivity index (χ3n) is 3.46. The monoisotopic (exact) mass is 339 g/mol. The Labute approximate surface area is 144 Å². The summed E-state index contributed by atoms with van der Waals surface area (Å²) in [5.74, 6) is 0.575. The van der Waals surface area contributed by atoms with Gasteiger partial charge < -0.3 is 9.88 Å².